The van der Waals surface area contributed by atoms with Crippen molar-refractivity contribution in [3.8, 4) is 0 Å². The molecule has 0 spiro atoms. The minimum absolute atomic E-state index is 0.0761. The molecule has 0 saturated carbocycles. The van der Waals surface area contributed by atoms with Crippen molar-refractivity contribution in [3.63, 3.8) is 0 Å². The van der Waals surface area contributed by atoms with E-state index in [4.69, 9.17) is 13.9 Å². The van der Waals surface area contributed by atoms with Crippen molar-refractivity contribution in [2.24, 2.45) is 0 Å². The Hall–Kier alpha value is -1.40. The lowest BCUT2D eigenvalue weighted by molar-refractivity contribution is -0.132. The molecule has 1 aromatic heterocycles. The summed E-state index contributed by atoms with van der Waals surface area (Å²) in [5.41, 5.74) is 0.735. The van der Waals surface area contributed by atoms with Crippen LogP contribution in [0, 0.1) is 6.92 Å². The number of nitrogens with zero attached hydrogens (tertiary/aromatic N) is 2. The van der Waals surface area contributed by atoms with Crippen LogP contribution in [0.2, 0.25) is 0 Å². The molecule has 132 valence electrons. The highest BCUT2D eigenvalue weighted by Gasteiger charge is 2.23. The number of aromatic nitrogens is 1. The molecule has 0 saturated heterocycles. The first-order chi connectivity index (χ1) is 10.8. The summed E-state index contributed by atoms with van der Waals surface area (Å²) in [6.07, 6.45) is 0.956. The number of ether oxygens (including phenoxy) is 2. The predicted octanol–water partition coefficient (Wildman–Crippen LogP) is 2.33. The second-order valence-corrected chi connectivity index (χ2v) is 6.64. The number of rotatable bonds is 9. The van der Waals surface area contributed by atoms with Crippen molar-refractivity contribution in [3.05, 3.63) is 17.3 Å². The average Bonchev–Trinajstić information content (AvgIpc) is 2.86. The minimum atomic E-state index is -0.129. The molecule has 0 radical (unpaired) electrons. The van der Waals surface area contributed by atoms with Gasteiger partial charge < -0.3 is 18.8 Å². The van der Waals surface area contributed by atoms with Crippen molar-refractivity contribution >= 4 is 5.91 Å². The molecule has 1 rings (SSSR count). The van der Waals surface area contributed by atoms with Gasteiger partial charge in [-0.25, -0.2) is 4.98 Å². The zero-order chi connectivity index (χ0) is 17.5. The first-order valence-electron chi connectivity index (χ1n) is 8.02. The Kier molecular flexibility index (Phi) is 7.72. The Labute approximate surface area is 139 Å². The van der Waals surface area contributed by atoms with Crippen LogP contribution in [0.1, 0.15) is 44.5 Å². The van der Waals surface area contributed by atoms with Gasteiger partial charge in [0.1, 0.15) is 5.76 Å². The summed E-state index contributed by atoms with van der Waals surface area (Å²) in [5, 5.41) is 0. The lowest BCUT2D eigenvalue weighted by Gasteiger charge is -2.21. The van der Waals surface area contributed by atoms with Crippen LogP contribution >= 0.6 is 0 Å². The monoisotopic (exact) mass is 326 g/mol. The molecule has 23 heavy (non-hydrogen) atoms. The van der Waals surface area contributed by atoms with Crippen LogP contribution in [0.25, 0.3) is 0 Å². The Morgan fingerprint density at radius 2 is 1.74 bits per heavy atom. The number of hydrogen-bond acceptors (Lipinski definition) is 5. The molecule has 0 fully saturated rings. The van der Waals surface area contributed by atoms with Gasteiger partial charge in [0.15, 0.2) is 5.89 Å². The third-order valence-corrected chi connectivity index (χ3v) is 3.58. The maximum absolute atomic E-state index is 12.4. The van der Waals surface area contributed by atoms with E-state index in [2.05, 4.69) is 25.8 Å². The SMILES string of the molecule is COCCN(CCOC)C(=O)CCc1oc(C(C)(C)C)nc1C. The van der Waals surface area contributed by atoms with E-state index in [1.807, 2.05) is 6.92 Å². The van der Waals surface area contributed by atoms with Gasteiger partial charge in [-0.15, -0.1) is 0 Å². The van der Waals surface area contributed by atoms with Gasteiger partial charge in [-0.1, -0.05) is 20.8 Å². The van der Waals surface area contributed by atoms with Crippen molar-refractivity contribution in [1.82, 2.24) is 9.88 Å². The van der Waals surface area contributed by atoms with Crippen LogP contribution in [0.15, 0.2) is 4.42 Å². The summed E-state index contributed by atoms with van der Waals surface area (Å²) in [7, 11) is 3.26. The molecule has 6 heteroatoms. The standard InChI is InChI=1S/C17H30N2O4/c1-13-14(23-16(18-13)17(2,3)4)7-8-15(20)19(9-11-21-5)10-12-22-6/h7-12H2,1-6H3. The second kappa shape index (κ2) is 9.03. The van der Waals surface area contributed by atoms with Crippen LogP contribution < -0.4 is 0 Å². The fourth-order valence-corrected chi connectivity index (χ4v) is 2.12. The van der Waals surface area contributed by atoms with Gasteiger partial charge in [-0.05, 0) is 6.92 Å². The fourth-order valence-electron chi connectivity index (χ4n) is 2.12. The van der Waals surface area contributed by atoms with Crippen molar-refractivity contribution in [2.45, 2.75) is 46.0 Å². The number of carbonyl (C=O) groups is 1. The van der Waals surface area contributed by atoms with Crippen LogP contribution in [-0.4, -0.2) is 56.3 Å². The molecule has 0 aliphatic carbocycles. The van der Waals surface area contributed by atoms with E-state index in [0.717, 1.165) is 11.5 Å². The summed E-state index contributed by atoms with van der Waals surface area (Å²) in [5.74, 6) is 1.59. The largest absolute Gasteiger partial charge is 0.445 e. The molecule has 0 atom stereocenters. The smallest absolute Gasteiger partial charge is 0.223 e. The minimum Gasteiger partial charge on any atom is -0.445 e. The average molecular weight is 326 g/mol. The maximum atomic E-state index is 12.4. The van der Waals surface area contributed by atoms with Gasteiger partial charge in [0.2, 0.25) is 5.91 Å². The van der Waals surface area contributed by atoms with Crippen LogP contribution in [0.4, 0.5) is 0 Å². The molecule has 0 N–H and O–H groups in total. The molecule has 0 aromatic carbocycles. The Morgan fingerprint density at radius 1 is 1.17 bits per heavy atom. The van der Waals surface area contributed by atoms with E-state index in [1.165, 1.54) is 0 Å². The van der Waals surface area contributed by atoms with E-state index in [-0.39, 0.29) is 11.3 Å². The summed E-state index contributed by atoms with van der Waals surface area (Å²) in [4.78, 5) is 18.6. The second-order valence-electron chi connectivity index (χ2n) is 6.64. The first kappa shape index (κ1) is 19.6. The van der Waals surface area contributed by atoms with Gasteiger partial charge in [-0.3, -0.25) is 4.79 Å². The van der Waals surface area contributed by atoms with Crippen molar-refractivity contribution in [1.29, 1.82) is 0 Å². The van der Waals surface area contributed by atoms with Gasteiger partial charge >= 0.3 is 0 Å². The highest BCUT2D eigenvalue weighted by molar-refractivity contribution is 5.76. The van der Waals surface area contributed by atoms with Gasteiger partial charge in [0.05, 0.1) is 18.9 Å². The summed E-state index contributed by atoms with van der Waals surface area (Å²) < 4.78 is 16.0. The first-order valence-corrected chi connectivity index (χ1v) is 8.02. The van der Waals surface area contributed by atoms with E-state index >= 15 is 0 Å². The Balaban J connectivity index is 2.64. The zero-order valence-electron chi connectivity index (χ0n) is 15.3. The number of oxazole rings is 1. The lowest BCUT2D eigenvalue weighted by Crippen LogP contribution is -2.36. The normalized spacial score (nSPS) is 11.7. The highest BCUT2D eigenvalue weighted by atomic mass is 16.5. The summed E-state index contributed by atoms with van der Waals surface area (Å²) in [6, 6.07) is 0. The number of carbonyl (C=O) groups excluding carboxylic acids is 1. The topological polar surface area (TPSA) is 64.8 Å². The number of methoxy groups -OCH3 is 2. The van der Waals surface area contributed by atoms with E-state index in [1.54, 1.807) is 19.1 Å². The molecule has 0 aliphatic heterocycles. The number of aryl methyl sites for hydroxylation is 2. The Morgan fingerprint density at radius 3 is 2.17 bits per heavy atom. The maximum Gasteiger partial charge on any atom is 0.223 e. The molecule has 6 nitrogen and oxygen atoms in total. The van der Waals surface area contributed by atoms with Gasteiger partial charge in [0.25, 0.3) is 0 Å². The molecule has 1 aromatic rings. The fraction of sp³-hybridized carbons (Fsp3) is 0.765. The zero-order valence-corrected chi connectivity index (χ0v) is 15.3. The molecule has 1 heterocycles. The third kappa shape index (κ3) is 6.31. The van der Waals surface area contributed by atoms with Gasteiger partial charge in [0, 0.05) is 45.6 Å². The van der Waals surface area contributed by atoms with Crippen LogP contribution in [-0.2, 0) is 26.1 Å². The Bertz CT molecular complexity index is 483. The molecular weight excluding hydrogens is 296 g/mol. The number of amides is 1. The van der Waals surface area contributed by atoms with Crippen LogP contribution in [0.3, 0.4) is 0 Å². The van der Waals surface area contributed by atoms with Crippen LogP contribution in [0.5, 0.6) is 0 Å². The highest BCUT2D eigenvalue weighted by Crippen LogP contribution is 2.24. The van der Waals surface area contributed by atoms with Crippen molar-refractivity contribution in [2.75, 3.05) is 40.5 Å². The van der Waals surface area contributed by atoms with E-state index in [0.29, 0.717) is 45.0 Å². The lowest BCUT2D eigenvalue weighted by atomic mass is 9.97. The van der Waals surface area contributed by atoms with E-state index < -0.39 is 0 Å². The van der Waals surface area contributed by atoms with Gasteiger partial charge in [-0.2, -0.15) is 0 Å². The van der Waals surface area contributed by atoms with Crippen molar-refractivity contribution < 1.29 is 18.7 Å². The molecule has 0 bridgehead atoms. The molecule has 0 aliphatic rings. The predicted molar refractivity (Wildman–Crippen MR) is 88.6 cm³/mol. The number of hydrogen-bond donors (Lipinski definition) is 0. The third-order valence-electron chi connectivity index (χ3n) is 3.58. The summed E-state index contributed by atoms with van der Waals surface area (Å²) >= 11 is 0. The van der Waals surface area contributed by atoms with E-state index in [9.17, 15) is 4.79 Å². The quantitative estimate of drug-likeness (QED) is 0.697. The molecule has 1 amide bonds. The summed E-state index contributed by atoms with van der Waals surface area (Å²) in [6.45, 7) is 10.3. The molecule has 0 unspecified atom stereocenters. The molecular formula is C17H30N2O4.